The monoisotopic (exact) mass is 308 g/mol. The largest absolute Gasteiger partial charge is 0.486 e. The predicted octanol–water partition coefficient (Wildman–Crippen LogP) is 4.25. The summed E-state index contributed by atoms with van der Waals surface area (Å²) >= 11 is 5.78. The zero-order valence-corrected chi connectivity index (χ0v) is 12.1. The van der Waals surface area contributed by atoms with Crippen molar-refractivity contribution in [2.45, 2.75) is 19.4 Å². The lowest BCUT2D eigenvalue weighted by Crippen LogP contribution is -2.08. The maximum absolute atomic E-state index is 13.9. The Balaban J connectivity index is 2.07. The Morgan fingerprint density at radius 3 is 2.52 bits per heavy atom. The summed E-state index contributed by atoms with van der Waals surface area (Å²) in [7, 11) is 0. The molecule has 0 fully saturated rings. The second-order valence-corrected chi connectivity index (χ2v) is 5.10. The van der Waals surface area contributed by atoms with Gasteiger partial charge in [0.1, 0.15) is 6.61 Å². The highest BCUT2D eigenvalue weighted by atomic mass is 35.5. The molecule has 110 valence electrons. The summed E-state index contributed by atoms with van der Waals surface area (Å²) in [5.74, 6) is -2.24. The van der Waals surface area contributed by atoms with Crippen LogP contribution in [-0.4, -0.2) is 11.1 Å². The fourth-order valence-corrected chi connectivity index (χ4v) is 1.91. The van der Waals surface area contributed by atoms with Gasteiger partial charge in [0.15, 0.2) is 11.6 Å². The van der Waals surface area contributed by atoms with Gasteiger partial charge in [0.2, 0.25) is 0 Å². The number of carbonyl (C=O) groups is 1. The van der Waals surface area contributed by atoms with E-state index in [1.54, 1.807) is 30.3 Å². The molecular formula is C16H14ClFO3. The minimum Gasteiger partial charge on any atom is -0.486 e. The molecule has 1 N–H and O–H groups in total. The maximum Gasteiger partial charge on any atom is 0.310 e. The van der Waals surface area contributed by atoms with E-state index in [4.69, 9.17) is 21.4 Å². The first-order chi connectivity index (χ1) is 9.97. The molecular weight excluding hydrogens is 295 g/mol. The second-order valence-electron chi connectivity index (χ2n) is 4.66. The van der Waals surface area contributed by atoms with E-state index in [0.717, 1.165) is 5.56 Å². The van der Waals surface area contributed by atoms with Gasteiger partial charge in [0.25, 0.3) is 0 Å². The van der Waals surface area contributed by atoms with Crippen LogP contribution in [0.5, 0.6) is 5.75 Å². The molecule has 2 aromatic rings. The van der Waals surface area contributed by atoms with Crippen molar-refractivity contribution in [3.05, 3.63) is 64.4 Å². The van der Waals surface area contributed by atoms with Crippen LogP contribution in [0, 0.1) is 5.82 Å². The molecule has 3 nitrogen and oxygen atoms in total. The molecule has 1 unspecified atom stereocenters. The lowest BCUT2D eigenvalue weighted by molar-refractivity contribution is -0.138. The van der Waals surface area contributed by atoms with Gasteiger partial charge in [0.05, 0.1) is 5.92 Å². The van der Waals surface area contributed by atoms with E-state index in [1.165, 1.54) is 19.1 Å². The number of hydrogen-bond acceptors (Lipinski definition) is 2. The van der Waals surface area contributed by atoms with Crippen LogP contribution < -0.4 is 4.74 Å². The average Bonchev–Trinajstić information content (AvgIpc) is 2.46. The van der Waals surface area contributed by atoms with Crippen molar-refractivity contribution < 1.29 is 19.0 Å². The molecule has 0 saturated carbocycles. The molecule has 0 saturated heterocycles. The van der Waals surface area contributed by atoms with Crippen LogP contribution in [0.15, 0.2) is 42.5 Å². The lowest BCUT2D eigenvalue weighted by Gasteiger charge is -2.11. The topological polar surface area (TPSA) is 46.5 Å². The Morgan fingerprint density at radius 2 is 1.95 bits per heavy atom. The fourth-order valence-electron chi connectivity index (χ4n) is 1.79. The van der Waals surface area contributed by atoms with E-state index >= 15 is 0 Å². The quantitative estimate of drug-likeness (QED) is 0.898. The minimum absolute atomic E-state index is 0.0892. The van der Waals surface area contributed by atoms with Crippen molar-refractivity contribution >= 4 is 17.6 Å². The molecule has 0 aliphatic heterocycles. The highest BCUT2D eigenvalue weighted by Gasteiger charge is 2.15. The van der Waals surface area contributed by atoms with E-state index in [2.05, 4.69) is 0 Å². The number of ether oxygens (including phenoxy) is 1. The molecule has 0 spiro atoms. The van der Waals surface area contributed by atoms with Crippen LogP contribution in [0.4, 0.5) is 4.39 Å². The standard InChI is InChI=1S/C16H14ClFO3/c1-10(16(19)20)12-4-7-15(14(18)8-12)21-9-11-2-5-13(17)6-3-11/h2-8,10H,9H2,1H3,(H,19,20). The highest BCUT2D eigenvalue weighted by Crippen LogP contribution is 2.24. The van der Waals surface area contributed by atoms with E-state index < -0.39 is 17.7 Å². The Labute approximate surface area is 126 Å². The Bertz CT molecular complexity index is 640. The third-order valence-corrected chi connectivity index (χ3v) is 3.39. The molecule has 0 aromatic heterocycles. The van der Waals surface area contributed by atoms with E-state index in [9.17, 15) is 9.18 Å². The first-order valence-electron chi connectivity index (χ1n) is 6.37. The molecule has 21 heavy (non-hydrogen) atoms. The van der Waals surface area contributed by atoms with Gasteiger partial charge in [-0.15, -0.1) is 0 Å². The lowest BCUT2D eigenvalue weighted by atomic mass is 10.0. The summed E-state index contributed by atoms with van der Waals surface area (Å²) < 4.78 is 19.3. The van der Waals surface area contributed by atoms with Crippen molar-refractivity contribution in [3.8, 4) is 5.75 Å². The Morgan fingerprint density at radius 1 is 1.29 bits per heavy atom. The second kappa shape index (κ2) is 6.59. The third-order valence-electron chi connectivity index (χ3n) is 3.13. The van der Waals surface area contributed by atoms with Gasteiger partial charge in [-0.2, -0.15) is 0 Å². The van der Waals surface area contributed by atoms with Crippen LogP contribution >= 0.6 is 11.6 Å². The molecule has 0 radical (unpaired) electrons. The first-order valence-corrected chi connectivity index (χ1v) is 6.74. The number of carboxylic acids is 1. The van der Waals surface area contributed by atoms with Crippen molar-refractivity contribution in [2.75, 3.05) is 0 Å². The molecule has 2 aromatic carbocycles. The van der Waals surface area contributed by atoms with E-state index in [-0.39, 0.29) is 12.4 Å². The van der Waals surface area contributed by atoms with Crippen LogP contribution in [0.1, 0.15) is 24.0 Å². The third kappa shape index (κ3) is 3.95. The number of hydrogen-bond donors (Lipinski definition) is 1. The smallest absolute Gasteiger partial charge is 0.310 e. The summed E-state index contributed by atoms with van der Waals surface area (Å²) in [6.45, 7) is 1.72. The van der Waals surface area contributed by atoms with Gasteiger partial charge >= 0.3 is 5.97 Å². The summed E-state index contributed by atoms with van der Waals surface area (Å²) in [5, 5.41) is 9.53. The van der Waals surface area contributed by atoms with Crippen LogP contribution in [-0.2, 0) is 11.4 Å². The molecule has 0 amide bonds. The molecule has 5 heteroatoms. The SMILES string of the molecule is CC(C(=O)O)c1ccc(OCc2ccc(Cl)cc2)c(F)c1. The van der Waals surface area contributed by atoms with Crippen LogP contribution in [0.2, 0.25) is 5.02 Å². The molecule has 0 heterocycles. The van der Waals surface area contributed by atoms with Gasteiger partial charge in [-0.25, -0.2) is 4.39 Å². The minimum atomic E-state index is -0.996. The summed E-state index contributed by atoms with van der Waals surface area (Å²) in [4.78, 5) is 10.9. The van der Waals surface area contributed by atoms with Gasteiger partial charge in [0, 0.05) is 5.02 Å². The highest BCUT2D eigenvalue weighted by molar-refractivity contribution is 6.30. The first kappa shape index (κ1) is 15.3. The van der Waals surface area contributed by atoms with Gasteiger partial charge < -0.3 is 9.84 Å². The molecule has 1 atom stereocenters. The van der Waals surface area contributed by atoms with Crippen LogP contribution in [0.25, 0.3) is 0 Å². The van der Waals surface area contributed by atoms with Crippen molar-refractivity contribution in [2.24, 2.45) is 0 Å². The Hall–Kier alpha value is -2.07. The van der Waals surface area contributed by atoms with Gasteiger partial charge in [-0.05, 0) is 42.3 Å². The molecule has 2 rings (SSSR count). The number of halogens is 2. The van der Waals surface area contributed by atoms with Crippen molar-refractivity contribution in [1.29, 1.82) is 0 Å². The number of rotatable bonds is 5. The zero-order chi connectivity index (χ0) is 15.4. The maximum atomic E-state index is 13.9. The summed E-state index contributed by atoms with van der Waals surface area (Å²) in [5.41, 5.74) is 1.26. The number of benzene rings is 2. The van der Waals surface area contributed by atoms with Crippen molar-refractivity contribution in [1.82, 2.24) is 0 Å². The molecule has 0 aliphatic carbocycles. The fraction of sp³-hybridized carbons (Fsp3) is 0.188. The molecule has 0 bridgehead atoms. The van der Waals surface area contributed by atoms with E-state index in [0.29, 0.717) is 10.6 Å². The van der Waals surface area contributed by atoms with Crippen molar-refractivity contribution in [3.63, 3.8) is 0 Å². The summed E-state index contributed by atoms with van der Waals surface area (Å²) in [6.07, 6.45) is 0. The molecule has 0 aliphatic rings. The predicted molar refractivity (Wildman–Crippen MR) is 78.2 cm³/mol. The summed E-state index contributed by atoms with van der Waals surface area (Å²) in [6, 6.07) is 11.2. The van der Waals surface area contributed by atoms with Crippen LogP contribution in [0.3, 0.4) is 0 Å². The van der Waals surface area contributed by atoms with E-state index in [1.807, 2.05) is 0 Å². The Kier molecular flexibility index (Phi) is 4.81. The zero-order valence-electron chi connectivity index (χ0n) is 11.3. The van der Waals surface area contributed by atoms with Gasteiger partial charge in [-0.3, -0.25) is 4.79 Å². The van der Waals surface area contributed by atoms with Gasteiger partial charge in [-0.1, -0.05) is 29.8 Å². The number of aliphatic carboxylic acids is 1. The average molecular weight is 309 g/mol. The normalized spacial score (nSPS) is 12.0. The number of carboxylic acid groups (broad SMARTS) is 1.